The summed E-state index contributed by atoms with van der Waals surface area (Å²) >= 11 is 0. The molecule has 6 nitrogen and oxygen atoms in total. The van der Waals surface area contributed by atoms with Crippen molar-refractivity contribution in [1.29, 1.82) is 0 Å². The van der Waals surface area contributed by atoms with Crippen molar-refractivity contribution in [2.75, 3.05) is 25.0 Å². The van der Waals surface area contributed by atoms with Crippen molar-refractivity contribution >= 4 is 11.8 Å². The van der Waals surface area contributed by atoms with Crippen molar-refractivity contribution < 1.29 is 9.90 Å². The monoisotopic (exact) mass is 252 g/mol. The number of hydrogen-bond donors (Lipinski definition) is 2. The van der Waals surface area contributed by atoms with E-state index < -0.39 is 0 Å². The van der Waals surface area contributed by atoms with Gasteiger partial charge in [0.15, 0.2) is 0 Å². The number of aromatic nitrogens is 2. The van der Waals surface area contributed by atoms with Crippen molar-refractivity contribution in [1.82, 2.24) is 14.7 Å². The minimum Gasteiger partial charge on any atom is -0.396 e. The normalized spacial score (nSPS) is 16.9. The molecule has 0 bridgehead atoms. The number of aliphatic hydroxyl groups excluding tert-OH is 1. The molecule has 6 heteroatoms. The van der Waals surface area contributed by atoms with Gasteiger partial charge in [0.2, 0.25) is 0 Å². The fourth-order valence-electron chi connectivity index (χ4n) is 2.23. The molecular weight excluding hydrogens is 232 g/mol. The van der Waals surface area contributed by atoms with Gasteiger partial charge >= 0.3 is 6.03 Å². The van der Waals surface area contributed by atoms with Gasteiger partial charge in [0.25, 0.3) is 0 Å². The van der Waals surface area contributed by atoms with E-state index in [-0.39, 0.29) is 12.6 Å². The zero-order valence-corrected chi connectivity index (χ0v) is 10.9. The molecule has 0 aromatic carbocycles. The lowest BCUT2D eigenvalue weighted by atomic mass is 9.98. The van der Waals surface area contributed by atoms with Crippen LogP contribution in [0, 0.1) is 12.8 Å². The number of aliphatic hydroxyl groups is 1. The molecule has 0 atom stereocenters. The molecule has 1 aromatic heterocycles. The number of piperidine rings is 1. The lowest BCUT2D eigenvalue weighted by molar-refractivity contribution is 0.143. The Balaban J connectivity index is 1.91. The van der Waals surface area contributed by atoms with Crippen molar-refractivity contribution in [3.8, 4) is 0 Å². The number of rotatable bonds is 2. The highest BCUT2D eigenvalue weighted by Crippen LogP contribution is 2.17. The molecule has 18 heavy (non-hydrogen) atoms. The number of hydrogen-bond acceptors (Lipinski definition) is 3. The van der Waals surface area contributed by atoms with E-state index in [0.29, 0.717) is 24.8 Å². The average Bonchev–Trinajstić information content (AvgIpc) is 2.68. The molecule has 2 amide bonds. The molecule has 0 spiro atoms. The van der Waals surface area contributed by atoms with Crippen LogP contribution in [-0.2, 0) is 7.05 Å². The number of nitrogens with zero attached hydrogens (tertiary/aromatic N) is 3. The van der Waals surface area contributed by atoms with E-state index in [9.17, 15) is 4.79 Å². The molecular formula is C12H20N4O2. The van der Waals surface area contributed by atoms with E-state index >= 15 is 0 Å². The fraction of sp³-hybridized carbons (Fsp3) is 0.667. The third kappa shape index (κ3) is 2.81. The van der Waals surface area contributed by atoms with E-state index in [1.54, 1.807) is 16.6 Å². The number of urea groups is 1. The Kier molecular flexibility index (Phi) is 3.86. The maximum Gasteiger partial charge on any atom is 0.322 e. The second-order valence-electron chi connectivity index (χ2n) is 4.84. The van der Waals surface area contributed by atoms with Gasteiger partial charge in [-0.1, -0.05) is 0 Å². The first-order chi connectivity index (χ1) is 8.60. The van der Waals surface area contributed by atoms with Crippen LogP contribution in [0.4, 0.5) is 10.6 Å². The van der Waals surface area contributed by atoms with Crippen LogP contribution in [-0.4, -0.2) is 45.5 Å². The molecule has 1 aromatic rings. The summed E-state index contributed by atoms with van der Waals surface area (Å²) in [5, 5.41) is 16.1. The van der Waals surface area contributed by atoms with Crippen LogP contribution in [0.1, 0.15) is 18.5 Å². The number of nitrogens with one attached hydrogen (secondary N) is 1. The first kappa shape index (κ1) is 12.9. The second-order valence-corrected chi connectivity index (χ2v) is 4.84. The topological polar surface area (TPSA) is 70.4 Å². The van der Waals surface area contributed by atoms with Gasteiger partial charge in [-0.05, 0) is 25.7 Å². The molecule has 100 valence electrons. The minimum atomic E-state index is -0.0885. The van der Waals surface area contributed by atoms with Gasteiger partial charge in [-0.3, -0.25) is 10.00 Å². The highest BCUT2D eigenvalue weighted by Gasteiger charge is 2.22. The molecule has 0 aliphatic carbocycles. The second kappa shape index (κ2) is 5.39. The van der Waals surface area contributed by atoms with Crippen molar-refractivity contribution in [2.24, 2.45) is 13.0 Å². The number of amides is 2. The van der Waals surface area contributed by atoms with Gasteiger partial charge in [-0.2, -0.15) is 5.10 Å². The van der Waals surface area contributed by atoms with Gasteiger partial charge in [0.05, 0.1) is 5.69 Å². The van der Waals surface area contributed by atoms with Crippen LogP contribution in [0.2, 0.25) is 0 Å². The van der Waals surface area contributed by atoms with Crippen molar-refractivity contribution in [2.45, 2.75) is 19.8 Å². The van der Waals surface area contributed by atoms with Gasteiger partial charge in [0.1, 0.15) is 5.82 Å². The Morgan fingerprint density at radius 1 is 1.56 bits per heavy atom. The highest BCUT2D eigenvalue weighted by molar-refractivity contribution is 5.88. The van der Waals surface area contributed by atoms with Gasteiger partial charge in [0, 0.05) is 32.8 Å². The molecule has 1 aliphatic rings. The average molecular weight is 252 g/mol. The number of likely N-dealkylation sites (tertiary alicyclic amines) is 1. The number of anilines is 1. The Labute approximate surface area is 107 Å². The Hall–Kier alpha value is -1.56. The largest absolute Gasteiger partial charge is 0.396 e. The lowest BCUT2D eigenvalue weighted by Crippen LogP contribution is -2.41. The van der Waals surface area contributed by atoms with Gasteiger partial charge in [-0.25, -0.2) is 4.79 Å². The summed E-state index contributed by atoms with van der Waals surface area (Å²) in [6.07, 6.45) is 1.74. The van der Waals surface area contributed by atoms with Crippen molar-refractivity contribution in [3.05, 3.63) is 11.8 Å². The maximum absolute atomic E-state index is 12.0. The van der Waals surface area contributed by atoms with E-state index in [4.69, 9.17) is 5.11 Å². The third-order valence-corrected chi connectivity index (χ3v) is 3.40. The molecule has 2 rings (SSSR count). The quantitative estimate of drug-likeness (QED) is 0.823. The summed E-state index contributed by atoms with van der Waals surface area (Å²) in [6.45, 7) is 3.51. The summed E-state index contributed by atoms with van der Waals surface area (Å²) in [5.41, 5.74) is 0.881. The van der Waals surface area contributed by atoms with Gasteiger partial charge < -0.3 is 10.0 Å². The molecule has 1 fully saturated rings. The van der Waals surface area contributed by atoms with Gasteiger partial charge in [-0.15, -0.1) is 0 Å². The summed E-state index contributed by atoms with van der Waals surface area (Å²) < 4.78 is 1.66. The standard InChI is InChI=1S/C12H20N4O2/c1-9-7-11(15(2)14-9)13-12(18)16-5-3-10(8-17)4-6-16/h7,10,17H,3-6,8H2,1-2H3,(H,13,18). The minimum absolute atomic E-state index is 0.0885. The molecule has 0 saturated carbocycles. The van der Waals surface area contributed by atoms with Crippen LogP contribution in [0.15, 0.2) is 6.07 Å². The Morgan fingerprint density at radius 3 is 2.72 bits per heavy atom. The van der Waals surface area contributed by atoms with Crippen molar-refractivity contribution in [3.63, 3.8) is 0 Å². The molecule has 1 aliphatic heterocycles. The highest BCUT2D eigenvalue weighted by atomic mass is 16.3. The smallest absolute Gasteiger partial charge is 0.322 e. The molecule has 0 radical (unpaired) electrons. The SMILES string of the molecule is Cc1cc(NC(=O)N2CCC(CO)CC2)n(C)n1. The summed E-state index contributed by atoms with van der Waals surface area (Å²) in [4.78, 5) is 13.8. The first-order valence-electron chi connectivity index (χ1n) is 6.27. The fourth-order valence-corrected chi connectivity index (χ4v) is 2.23. The predicted molar refractivity (Wildman–Crippen MR) is 68.3 cm³/mol. The van der Waals surface area contributed by atoms with E-state index in [1.807, 2.05) is 13.0 Å². The number of aryl methyl sites for hydroxylation is 2. The molecule has 0 unspecified atom stereocenters. The van der Waals surface area contributed by atoms with Crippen LogP contribution in [0.3, 0.4) is 0 Å². The third-order valence-electron chi connectivity index (χ3n) is 3.40. The molecule has 1 saturated heterocycles. The Bertz CT molecular complexity index is 422. The number of carbonyl (C=O) groups is 1. The van der Waals surface area contributed by atoms with E-state index in [1.165, 1.54) is 0 Å². The summed E-state index contributed by atoms with van der Waals surface area (Å²) in [7, 11) is 1.81. The summed E-state index contributed by atoms with van der Waals surface area (Å²) in [6, 6.07) is 1.76. The van der Waals surface area contributed by atoms with E-state index in [0.717, 1.165) is 18.5 Å². The zero-order chi connectivity index (χ0) is 13.1. The maximum atomic E-state index is 12.0. The Morgan fingerprint density at radius 2 is 2.22 bits per heavy atom. The van der Waals surface area contributed by atoms with Crippen LogP contribution in [0.5, 0.6) is 0 Å². The van der Waals surface area contributed by atoms with Crippen LogP contribution < -0.4 is 5.32 Å². The molecule has 2 N–H and O–H groups in total. The number of carbonyl (C=O) groups excluding carboxylic acids is 1. The van der Waals surface area contributed by atoms with Crippen LogP contribution in [0.25, 0.3) is 0 Å². The predicted octanol–water partition coefficient (Wildman–Crippen LogP) is 0.965. The zero-order valence-electron chi connectivity index (χ0n) is 10.9. The lowest BCUT2D eigenvalue weighted by Gasteiger charge is -2.31. The van der Waals surface area contributed by atoms with E-state index in [2.05, 4.69) is 10.4 Å². The summed E-state index contributed by atoms with van der Waals surface area (Å²) in [5.74, 6) is 1.05. The molecule has 2 heterocycles. The van der Waals surface area contributed by atoms with Crippen LogP contribution >= 0.6 is 0 Å². The first-order valence-corrected chi connectivity index (χ1v) is 6.27.